The zero-order chi connectivity index (χ0) is 27.4. The maximum Gasteiger partial charge on any atom is 0.320 e. The number of esters is 1. The first-order valence-electron chi connectivity index (χ1n) is 11.5. The fourth-order valence-corrected chi connectivity index (χ4v) is 4.72. The molecule has 204 valence electrons. The van der Waals surface area contributed by atoms with Crippen molar-refractivity contribution in [3.05, 3.63) is 46.5 Å². The molecule has 0 radical (unpaired) electrons. The van der Waals surface area contributed by atoms with Crippen LogP contribution in [0.4, 0.5) is 5.95 Å². The van der Waals surface area contributed by atoms with Gasteiger partial charge < -0.3 is 24.3 Å². The van der Waals surface area contributed by atoms with Crippen molar-refractivity contribution in [2.45, 2.75) is 38.8 Å². The summed E-state index contributed by atoms with van der Waals surface area (Å²) in [7, 11) is -4.66. The van der Waals surface area contributed by atoms with Crippen LogP contribution < -0.4 is 16.4 Å². The maximum absolute atomic E-state index is 11.9. The quantitative estimate of drug-likeness (QED) is 0.159. The lowest BCUT2D eigenvalue weighted by atomic mass is 10.2. The van der Waals surface area contributed by atoms with Crippen molar-refractivity contribution in [1.29, 1.82) is 0 Å². The molecule has 0 aliphatic carbocycles. The largest absolute Gasteiger partial charge is 0.465 e. The molecule has 0 bridgehead atoms. The second-order valence-corrected chi connectivity index (χ2v) is 10.9. The molecule has 1 aromatic carbocycles. The van der Waals surface area contributed by atoms with Gasteiger partial charge in [0.2, 0.25) is 5.95 Å². The van der Waals surface area contributed by atoms with Crippen molar-refractivity contribution < 1.29 is 27.2 Å². The number of benzene rings is 1. The van der Waals surface area contributed by atoms with Gasteiger partial charge in [0, 0.05) is 12.8 Å². The van der Waals surface area contributed by atoms with Crippen molar-refractivity contribution in [3.63, 3.8) is 0 Å². The van der Waals surface area contributed by atoms with Gasteiger partial charge in [0.25, 0.3) is 5.56 Å². The Labute approximate surface area is 216 Å². The molecule has 0 saturated heterocycles. The number of nitrogens with two attached hydrogens (primary N) is 1. The smallest absolute Gasteiger partial charge is 0.320 e. The van der Waals surface area contributed by atoms with Gasteiger partial charge in [-0.05, 0) is 24.6 Å². The highest BCUT2D eigenvalue weighted by atomic mass is 32.2. The van der Waals surface area contributed by atoms with Crippen LogP contribution >= 0.6 is 8.30 Å². The summed E-state index contributed by atoms with van der Waals surface area (Å²) in [5.74, 6) is -0.422. The van der Waals surface area contributed by atoms with Gasteiger partial charge in [0.1, 0.15) is 14.6 Å². The van der Waals surface area contributed by atoms with Gasteiger partial charge >= 0.3 is 5.97 Å². The number of imidazole rings is 1. The Hall–Kier alpha value is -2.90. The average Bonchev–Trinajstić information content (AvgIpc) is 3.27. The van der Waals surface area contributed by atoms with Gasteiger partial charge in [-0.1, -0.05) is 26.0 Å². The van der Waals surface area contributed by atoms with E-state index in [2.05, 4.69) is 20.0 Å². The number of hydrogen-bond acceptors (Lipinski definition) is 11. The van der Waals surface area contributed by atoms with Gasteiger partial charge in [-0.2, -0.15) is 4.98 Å². The van der Waals surface area contributed by atoms with Crippen LogP contribution in [0.15, 0.2) is 40.3 Å². The lowest BCUT2D eigenvalue weighted by Crippen LogP contribution is -2.23. The van der Waals surface area contributed by atoms with E-state index in [4.69, 9.17) is 19.7 Å². The van der Waals surface area contributed by atoms with Gasteiger partial charge in [-0.15, -0.1) is 0 Å². The second-order valence-electron chi connectivity index (χ2n) is 7.31. The van der Waals surface area contributed by atoms with Crippen LogP contribution in [0.1, 0.15) is 26.3 Å². The summed E-state index contributed by atoms with van der Waals surface area (Å²) in [4.78, 5) is 34.4. The van der Waals surface area contributed by atoms with E-state index in [0.29, 0.717) is 12.2 Å². The first kappa shape index (κ1) is 30.3. The number of carbonyl (C=O) groups is 1. The Balaban J connectivity index is 0.00000235. The number of fused-ring (bicyclic) bond motifs is 1. The molecule has 1 unspecified atom stereocenters. The summed E-state index contributed by atoms with van der Waals surface area (Å²) in [5.41, 5.74) is 6.49. The van der Waals surface area contributed by atoms with E-state index in [-0.39, 0.29) is 49.1 Å². The van der Waals surface area contributed by atoms with Gasteiger partial charge in [0.15, 0.2) is 21.0 Å². The summed E-state index contributed by atoms with van der Waals surface area (Å²) in [5, 5.41) is 3.00. The molecule has 0 aliphatic rings. The SMILES string of the molecule is CC.CCOC(=O)CNP(COCCn1cnc2c(=O)[nH]c(N)nc21)OCc1ccc(S(C)(=O)=O)cc1. The monoisotopic (exact) mass is 556 g/mol. The Kier molecular flexibility index (Phi) is 12.1. The average molecular weight is 557 g/mol. The number of hydrogen-bond donors (Lipinski definition) is 3. The highest BCUT2D eigenvalue weighted by Gasteiger charge is 2.14. The molecular weight excluding hydrogens is 523 g/mol. The first-order valence-corrected chi connectivity index (χ1v) is 14.9. The standard InChI is InChI=1S/C20H27N6O7PS.C2H6/c1-3-32-16(27)10-23-34(33-11-14-4-6-15(7-5-14)35(2,29)30)13-31-9-8-26-12-22-17-18(26)24-20(21)25-19(17)28;1-2/h4-7,12,23H,3,8-11,13H2,1-2H3,(H3,21,24,25,28);1-2H3. The number of rotatable bonds is 13. The number of aromatic amines is 1. The second kappa shape index (κ2) is 14.7. The molecule has 37 heavy (non-hydrogen) atoms. The van der Waals surface area contributed by atoms with Crippen LogP contribution in [-0.4, -0.2) is 66.3 Å². The molecular formula is C22H33N6O7PS. The van der Waals surface area contributed by atoms with Crippen molar-refractivity contribution in [2.24, 2.45) is 0 Å². The number of nitrogens with zero attached hydrogens (tertiary/aromatic N) is 3. The normalized spacial score (nSPS) is 12.1. The molecule has 0 saturated carbocycles. The minimum absolute atomic E-state index is 0.00479. The lowest BCUT2D eigenvalue weighted by Gasteiger charge is -2.19. The third-order valence-corrected chi connectivity index (χ3v) is 7.12. The van der Waals surface area contributed by atoms with Crippen LogP contribution in [0.3, 0.4) is 0 Å². The summed E-state index contributed by atoms with van der Waals surface area (Å²) >= 11 is 0. The Bertz CT molecular complexity index is 1310. The zero-order valence-corrected chi connectivity index (χ0v) is 23.0. The highest BCUT2D eigenvalue weighted by molar-refractivity contribution is 7.90. The van der Waals surface area contributed by atoms with E-state index in [1.807, 2.05) is 13.8 Å². The summed E-state index contributed by atoms with van der Waals surface area (Å²) in [6.45, 7) is 6.74. The predicted octanol–water partition coefficient (Wildman–Crippen LogP) is 1.79. The molecule has 0 fully saturated rings. The van der Waals surface area contributed by atoms with Crippen molar-refractivity contribution in [1.82, 2.24) is 24.6 Å². The predicted molar refractivity (Wildman–Crippen MR) is 141 cm³/mol. The number of nitrogens with one attached hydrogen (secondary N) is 2. The number of ether oxygens (including phenoxy) is 2. The van der Waals surface area contributed by atoms with E-state index in [9.17, 15) is 18.0 Å². The van der Waals surface area contributed by atoms with Crippen molar-refractivity contribution in [3.8, 4) is 0 Å². The minimum Gasteiger partial charge on any atom is -0.465 e. The Morgan fingerprint density at radius 3 is 2.59 bits per heavy atom. The molecule has 13 nitrogen and oxygen atoms in total. The molecule has 4 N–H and O–H groups in total. The number of nitrogen functional groups attached to an aromatic ring is 1. The third-order valence-electron chi connectivity index (χ3n) is 4.62. The molecule has 0 amide bonds. The van der Waals surface area contributed by atoms with Gasteiger partial charge in [-0.3, -0.25) is 19.7 Å². The summed E-state index contributed by atoms with van der Waals surface area (Å²) < 4.78 is 41.5. The van der Waals surface area contributed by atoms with E-state index in [1.165, 1.54) is 18.5 Å². The highest BCUT2D eigenvalue weighted by Crippen LogP contribution is 2.33. The molecule has 2 heterocycles. The number of carbonyl (C=O) groups excluding carboxylic acids is 1. The van der Waals surface area contributed by atoms with Crippen LogP contribution in [0.5, 0.6) is 0 Å². The fourth-order valence-electron chi connectivity index (χ4n) is 2.92. The summed E-state index contributed by atoms with van der Waals surface area (Å²) in [6.07, 6.45) is 2.79. The van der Waals surface area contributed by atoms with Crippen LogP contribution in [0.25, 0.3) is 11.2 Å². The lowest BCUT2D eigenvalue weighted by molar-refractivity contribution is -0.141. The van der Waals surface area contributed by atoms with Crippen molar-refractivity contribution >= 4 is 41.2 Å². The van der Waals surface area contributed by atoms with Gasteiger partial charge in [-0.25, -0.2) is 13.4 Å². The van der Waals surface area contributed by atoms with Crippen molar-refractivity contribution in [2.75, 3.05) is 38.1 Å². The summed E-state index contributed by atoms with van der Waals surface area (Å²) in [6, 6.07) is 6.36. The molecule has 3 aromatic rings. The third kappa shape index (κ3) is 9.48. The Morgan fingerprint density at radius 1 is 1.24 bits per heavy atom. The van der Waals surface area contributed by atoms with E-state index in [0.717, 1.165) is 11.8 Å². The van der Waals surface area contributed by atoms with E-state index in [1.54, 1.807) is 23.6 Å². The molecule has 1 atom stereocenters. The number of H-pyrrole nitrogens is 1. The molecule has 0 aliphatic heterocycles. The van der Waals surface area contributed by atoms with Crippen LogP contribution in [0, 0.1) is 0 Å². The number of anilines is 1. The van der Waals surface area contributed by atoms with Crippen LogP contribution in [0.2, 0.25) is 0 Å². The molecule has 0 spiro atoms. The molecule has 15 heteroatoms. The molecule has 2 aromatic heterocycles. The minimum atomic E-state index is -3.28. The number of sulfone groups is 1. The topological polar surface area (TPSA) is 181 Å². The van der Waals surface area contributed by atoms with Gasteiger partial charge in [0.05, 0.1) is 37.6 Å². The van der Waals surface area contributed by atoms with E-state index < -0.39 is 29.7 Å². The van der Waals surface area contributed by atoms with E-state index >= 15 is 0 Å². The first-order chi connectivity index (χ1) is 17.7. The number of aromatic nitrogens is 4. The maximum atomic E-state index is 11.9. The van der Waals surface area contributed by atoms with Crippen LogP contribution in [-0.2, 0) is 41.8 Å². The Morgan fingerprint density at radius 2 is 1.95 bits per heavy atom. The fraction of sp³-hybridized carbons (Fsp3) is 0.455. The zero-order valence-electron chi connectivity index (χ0n) is 21.3. The molecule has 3 rings (SSSR count).